The lowest BCUT2D eigenvalue weighted by Crippen LogP contribution is -2.27. The van der Waals surface area contributed by atoms with Gasteiger partial charge in [0.2, 0.25) is 0 Å². The summed E-state index contributed by atoms with van der Waals surface area (Å²) in [5.74, 6) is -1.63. The number of halogens is 1. The molecule has 0 saturated carbocycles. The van der Waals surface area contributed by atoms with Crippen LogP contribution in [0.4, 0.5) is 9.18 Å². The van der Waals surface area contributed by atoms with Gasteiger partial charge in [0.25, 0.3) is 0 Å². The van der Waals surface area contributed by atoms with Crippen molar-refractivity contribution in [2.75, 3.05) is 14.2 Å². The second kappa shape index (κ2) is 8.10. The smallest absolute Gasteiger partial charge is 0.409 e. The summed E-state index contributed by atoms with van der Waals surface area (Å²) in [6.07, 6.45) is -0.609. The first-order valence-corrected chi connectivity index (χ1v) is 9.70. The van der Waals surface area contributed by atoms with Crippen LogP contribution < -0.4 is 0 Å². The maximum absolute atomic E-state index is 14.1. The second-order valence-electron chi connectivity index (χ2n) is 7.34. The third-order valence-electron chi connectivity index (χ3n) is 5.42. The van der Waals surface area contributed by atoms with Crippen LogP contribution in [0.1, 0.15) is 21.6 Å². The Morgan fingerprint density at radius 1 is 1.06 bits per heavy atom. The van der Waals surface area contributed by atoms with Gasteiger partial charge in [-0.3, -0.25) is 0 Å². The Bertz CT molecular complexity index is 1310. The van der Waals surface area contributed by atoms with Gasteiger partial charge >= 0.3 is 12.1 Å². The van der Waals surface area contributed by atoms with Crippen molar-refractivity contribution in [1.82, 2.24) is 9.47 Å². The Kier molecular flexibility index (Phi) is 5.33. The number of carbonyl (C=O) groups is 2. The minimum absolute atomic E-state index is 0.0179. The van der Waals surface area contributed by atoms with E-state index in [1.165, 1.54) is 31.2 Å². The lowest BCUT2D eigenvalue weighted by atomic mass is 10.0. The van der Waals surface area contributed by atoms with E-state index >= 15 is 0 Å². The number of carbonyl (C=O) groups excluding carboxylic acids is 1. The molecule has 6 nitrogen and oxygen atoms in total. The van der Waals surface area contributed by atoms with E-state index in [-0.39, 0.29) is 18.8 Å². The van der Waals surface area contributed by atoms with Crippen LogP contribution in [0, 0.1) is 5.82 Å². The number of aromatic nitrogens is 1. The molecule has 0 fully saturated rings. The standard InChI is InChI=1S/C24H21FN2O4/c1-26(24(30)31-2)14-20-19-12-17(25)10-11-21(19)27(22(20)23(28)29)13-16-8-5-7-15-6-3-4-9-18(15)16/h3-12H,13-14H2,1-2H3,(H,28,29). The summed E-state index contributed by atoms with van der Waals surface area (Å²) in [6, 6.07) is 17.9. The van der Waals surface area contributed by atoms with Crippen LogP contribution in [0.5, 0.6) is 0 Å². The maximum Gasteiger partial charge on any atom is 0.409 e. The van der Waals surface area contributed by atoms with E-state index in [1.807, 2.05) is 42.5 Å². The van der Waals surface area contributed by atoms with Gasteiger partial charge in [0.05, 0.1) is 13.7 Å². The number of carboxylic acid groups (broad SMARTS) is 1. The van der Waals surface area contributed by atoms with Crippen LogP contribution in [0.25, 0.3) is 21.7 Å². The van der Waals surface area contributed by atoms with Crippen LogP contribution >= 0.6 is 0 Å². The average Bonchev–Trinajstić information content (AvgIpc) is 3.05. The fourth-order valence-corrected chi connectivity index (χ4v) is 4.02. The third-order valence-corrected chi connectivity index (χ3v) is 5.42. The molecule has 7 heteroatoms. The molecule has 0 bridgehead atoms. The van der Waals surface area contributed by atoms with Gasteiger partial charge in [0.1, 0.15) is 11.5 Å². The van der Waals surface area contributed by atoms with Crippen molar-refractivity contribution in [2.45, 2.75) is 13.1 Å². The zero-order chi connectivity index (χ0) is 22.1. The number of hydrogen-bond donors (Lipinski definition) is 1. The number of fused-ring (bicyclic) bond motifs is 2. The molecule has 1 aromatic heterocycles. The van der Waals surface area contributed by atoms with Gasteiger partial charge < -0.3 is 19.3 Å². The highest BCUT2D eigenvalue weighted by Crippen LogP contribution is 2.31. The number of amides is 1. The summed E-state index contributed by atoms with van der Waals surface area (Å²) in [4.78, 5) is 25.5. The zero-order valence-corrected chi connectivity index (χ0v) is 17.1. The third kappa shape index (κ3) is 3.70. The molecular formula is C24H21FN2O4. The largest absolute Gasteiger partial charge is 0.477 e. The van der Waals surface area contributed by atoms with Crippen LogP contribution in [0.2, 0.25) is 0 Å². The highest BCUT2D eigenvalue weighted by atomic mass is 19.1. The zero-order valence-electron chi connectivity index (χ0n) is 17.1. The van der Waals surface area contributed by atoms with Crippen molar-refractivity contribution in [2.24, 2.45) is 0 Å². The van der Waals surface area contributed by atoms with E-state index in [1.54, 1.807) is 10.6 Å². The van der Waals surface area contributed by atoms with Crippen molar-refractivity contribution in [1.29, 1.82) is 0 Å². The molecule has 0 aliphatic carbocycles. The van der Waals surface area contributed by atoms with Crippen molar-refractivity contribution in [3.05, 3.63) is 83.3 Å². The number of aromatic carboxylic acids is 1. The Hall–Kier alpha value is -3.87. The lowest BCUT2D eigenvalue weighted by molar-refractivity contribution is 0.0682. The summed E-state index contributed by atoms with van der Waals surface area (Å²) in [5.41, 5.74) is 1.90. The van der Waals surface area contributed by atoms with Gasteiger partial charge in [0.15, 0.2) is 0 Å². The minimum atomic E-state index is -1.15. The van der Waals surface area contributed by atoms with E-state index in [2.05, 4.69) is 0 Å². The monoisotopic (exact) mass is 420 g/mol. The summed E-state index contributed by atoms with van der Waals surface area (Å²) in [6.45, 7) is 0.254. The number of methoxy groups -OCH3 is 1. The van der Waals surface area contributed by atoms with Gasteiger partial charge in [0, 0.05) is 30.1 Å². The lowest BCUT2D eigenvalue weighted by Gasteiger charge is -2.16. The number of carboxylic acids is 1. The average molecular weight is 420 g/mol. The molecule has 0 unspecified atom stereocenters. The van der Waals surface area contributed by atoms with Crippen molar-refractivity contribution in [3.63, 3.8) is 0 Å². The van der Waals surface area contributed by atoms with Crippen LogP contribution in [0.15, 0.2) is 60.7 Å². The molecule has 1 N–H and O–H groups in total. The maximum atomic E-state index is 14.1. The van der Waals surface area contributed by atoms with Crippen molar-refractivity contribution >= 4 is 33.7 Å². The first kappa shape index (κ1) is 20.4. The van der Waals surface area contributed by atoms with Gasteiger partial charge in [-0.05, 0) is 34.5 Å². The first-order chi connectivity index (χ1) is 14.9. The van der Waals surface area contributed by atoms with E-state index in [4.69, 9.17) is 4.74 Å². The van der Waals surface area contributed by atoms with Crippen molar-refractivity contribution < 1.29 is 23.8 Å². The summed E-state index contributed by atoms with van der Waals surface area (Å²) in [7, 11) is 2.75. The fourth-order valence-electron chi connectivity index (χ4n) is 4.02. The predicted octanol–water partition coefficient (Wildman–Crippen LogP) is 4.88. The number of nitrogens with zero attached hydrogens (tertiary/aromatic N) is 2. The predicted molar refractivity (Wildman–Crippen MR) is 116 cm³/mol. The molecule has 0 aliphatic heterocycles. The van der Waals surface area contributed by atoms with Gasteiger partial charge in [-0.1, -0.05) is 42.5 Å². The molecule has 0 saturated heterocycles. The Labute approximate surface area is 178 Å². The highest BCUT2D eigenvalue weighted by molar-refractivity contribution is 5.99. The number of benzene rings is 3. The molecule has 31 heavy (non-hydrogen) atoms. The molecule has 1 heterocycles. The summed E-state index contributed by atoms with van der Waals surface area (Å²) in [5, 5.41) is 12.6. The fraction of sp³-hybridized carbons (Fsp3) is 0.167. The molecule has 3 aromatic carbocycles. The van der Waals surface area contributed by atoms with E-state index < -0.39 is 17.9 Å². The highest BCUT2D eigenvalue weighted by Gasteiger charge is 2.25. The van der Waals surface area contributed by atoms with E-state index in [0.29, 0.717) is 16.5 Å². The molecule has 0 radical (unpaired) electrons. The molecular weight excluding hydrogens is 399 g/mol. The Morgan fingerprint density at radius 2 is 1.81 bits per heavy atom. The van der Waals surface area contributed by atoms with Crippen molar-refractivity contribution in [3.8, 4) is 0 Å². The Morgan fingerprint density at radius 3 is 2.55 bits per heavy atom. The Balaban J connectivity index is 1.93. The van der Waals surface area contributed by atoms with Crippen LogP contribution in [-0.4, -0.2) is 40.8 Å². The van der Waals surface area contributed by atoms with Gasteiger partial charge in [-0.25, -0.2) is 14.0 Å². The molecule has 0 aliphatic rings. The summed E-state index contributed by atoms with van der Waals surface area (Å²) >= 11 is 0. The van der Waals surface area contributed by atoms with Crippen LogP contribution in [0.3, 0.4) is 0 Å². The minimum Gasteiger partial charge on any atom is -0.477 e. The van der Waals surface area contributed by atoms with E-state index in [0.717, 1.165) is 16.3 Å². The molecule has 0 atom stereocenters. The number of rotatable bonds is 5. The normalized spacial score (nSPS) is 11.1. The van der Waals surface area contributed by atoms with Crippen LogP contribution in [-0.2, 0) is 17.8 Å². The molecule has 1 amide bonds. The van der Waals surface area contributed by atoms with E-state index in [9.17, 15) is 19.1 Å². The summed E-state index contributed by atoms with van der Waals surface area (Å²) < 4.78 is 20.5. The molecule has 4 aromatic rings. The van der Waals surface area contributed by atoms with Gasteiger partial charge in [-0.2, -0.15) is 0 Å². The first-order valence-electron chi connectivity index (χ1n) is 9.70. The molecule has 0 spiro atoms. The molecule has 158 valence electrons. The second-order valence-corrected chi connectivity index (χ2v) is 7.34. The van der Waals surface area contributed by atoms with Gasteiger partial charge in [-0.15, -0.1) is 0 Å². The number of ether oxygens (including phenoxy) is 1. The number of hydrogen-bond acceptors (Lipinski definition) is 3. The molecule has 4 rings (SSSR count). The SMILES string of the molecule is COC(=O)N(C)Cc1c(C(=O)O)n(Cc2cccc3ccccc23)c2ccc(F)cc12. The topological polar surface area (TPSA) is 71.8 Å². The quantitative estimate of drug-likeness (QED) is 0.500.